The number of nitrogens with one attached hydrogen (secondary N) is 1. The number of fused-ring (bicyclic) bond motifs is 3. The van der Waals surface area contributed by atoms with Gasteiger partial charge in [0.2, 0.25) is 0 Å². The molecule has 0 saturated heterocycles. The molecular formula is C24H20ClNO. The van der Waals surface area contributed by atoms with E-state index in [1.54, 1.807) is 0 Å². The van der Waals surface area contributed by atoms with Gasteiger partial charge < -0.3 is 10.1 Å². The molecule has 1 aliphatic carbocycles. The zero-order valence-corrected chi connectivity index (χ0v) is 15.6. The lowest BCUT2D eigenvalue weighted by atomic mass is 9.77. The molecule has 5 rings (SSSR count). The summed E-state index contributed by atoms with van der Waals surface area (Å²) in [5.74, 6) is 2.62. The Labute approximate surface area is 164 Å². The van der Waals surface area contributed by atoms with E-state index in [0.29, 0.717) is 11.8 Å². The summed E-state index contributed by atoms with van der Waals surface area (Å²) in [4.78, 5) is 0. The van der Waals surface area contributed by atoms with Crippen LogP contribution in [0, 0.1) is 5.92 Å². The normalized spacial score (nSPS) is 22.6. The first kappa shape index (κ1) is 16.5. The highest BCUT2D eigenvalue weighted by atomic mass is 35.5. The van der Waals surface area contributed by atoms with E-state index in [1.165, 1.54) is 16.8 Å². The topological polar surface area (TPSA) is 21.3 Å². The van der Waals surface area contributed by atoms with Crippen LogP contribution in [0.1, 0.15) is 29.5 Å². The van der Waals surface area contributed by atoms with Crippen molar-refractivity contribution in [2.75, 3.05) is 5.32 Å². The van der Waals surface area contributed by atoms with Crippen LogP contribution in [0.4, 0.5) is 5.69 Å². The zero-order chi connectivity index (χ0) is 18.2. The van der Waals surface area contributed by atoms with Crippen LogP contribution in [0.3, 0.4) is 0 Å². The summed E-state index contributed by atoms with van der Waals surface area (Å²) < 4.78 is 6.05. The van der Waals surface area contributed by atoms with Gasteiger partial charge in [0.05, 0.1) is 6.04 Å². The molecule has 134 valence electrons. The van der Waals surface area contributed by atoms with E-state index in [1.807, 2.05) is 48.5 Å². The van der Waals surface area contributed by atoms with Gasteiger partial charge in [-0.05, 0) is 65.9 Å². The van der Waals surface area contributed by atoms with Crippen LogP contribution >= 0.6 is 11.6 Å². The summed E-state index contributed by atoms with van der Waals surface area (Å²) in [5, 5.41) is 4.54. The van der Waals surface area contributed by atoms with Gasteiger partial charge in [-0.2, -0.15) is 0 Å². The van der Waals surface area contributed by atoms with E-state index < -0.39 is 0 Å². The van der Waals surface area contributed by atoms with Crippen LogP contribution in [0.2, 0.25) is 5.02 Å². The summed E-state index contributed by atoms with van der Waals surface area (Å²) in [7, 11) is 0. The van der Waals surface area contributed by atoms with Gasteiger partial charge in [-0.3, -0.25) is 0 Å². The first-order valence-electron chi connectivity index (χ1n) is 9.33. The third kappa shape index (κ3) is 3.11. The predicted octanol–water partition coefficient (Wildman–Crippen LogP) is 6.96. The zero-order valence-electron chi connectivity index (χ0n) is 14.8. The quantitative estimate of drug-likeness (QED) is 0.501. The van der Waals surface area contributed by atoms with Crippen molar-refractivity contribution in [3.8, 4) is 11.5 Å². The van der Waals surface area contributed by atoms with Crippen molar-refractivity contribution in [3.63, 3.8) is 0 Å². The molecule has 0 spiro atoms. The molecule has 1 aliphatic heterocycles. The van der Waals surface area contributed by atoms with Crippen molar-refractivity contribution < 1.29 is 4.74 Å². The number of para-hydroxylation sites is 1. The molecule has 3 aromatic carbocycles. The number of benzene rings is 3. The minimum Gasteiger partial charge on any atom is -0.457 e. The van der Waals surface area contributed by atoms with Crippen molar-refractivity contribution >= 4 is 17.3 Å². The summed E-state index contributed by atoms with van der Waals surface area (Å²) in [6.45, 7) is 0. The molecule has 2 nitrogen and oxygen atoms in total. The first-order chi connectivity index (χ1) is 13.3. The lowest BCUT2D eigenvalue weighted by Crippen LogP contribution is -2.29. The fraction of sp³-hybridized carbons (Fsp3) is 0.167. The molecule has 2 aliphatic rings. The molecule has 0 fully saturated rings. The predicted molar refractivity (Wildman–Crippen MR) is 111 cm³/mol. The number of anilines is 1. The van der Waals surface area contributed by atoms with Gasteiger partial charge in [0.1, 0.15) is 11.5 Å². The van der Waals surface area contributed by atoms with Gasteiger partial charge in [0.15, 0.2) is 0 Å². The van der Waals surface area contributed by atoms with Crippen LogP contribution in [0.5, 0.6) is 11.5 Å². The van der Waals surface area contributed by atoms with Gasteiger partial charge in [0.25, 0.3) is 0 Å². The number of hydrogen-bond acceptors (Lipinski definition) is 2. The highest BCUT2D eigenvalue weighted by molar-refractivity contribution is 6.30. The summed E-state index contributed by atoms with van der Waals surface area (Å²) >= 11 is 6.25. The van der Waals surface area contributed by atoms with Crippen LogP contribution in [-0.2, 0) is 0 Å². The number of allylic oxidation sites excluding steroid dienone is 2. The van der Waals surface area contributed by atoms with E-state index in [0.717, 1.165) is 22.9 Å². The highest BCUT2D eigenvalue weighted by Crippen LogP contribution is 2.50. The lowest BCUT2D eigenvalue weighted by Gasteiger charge is -2.37. The van der Waals surface area contributed by atoms with E-state index in [4.69, 9.17) is 16.3 Å². The molecule has 1 heterocycles. The molecule has 3 heteroatoms. The minimum atomic E-state index is 0.261. The molecule has 0 saturated carbocycles. The Morgan fingerprint density at radius 3 is 2.63 bits per heavy atom. The molecule has 0 radical (unpaired) electrons. The van der Waals surface area contributed by atoms with Gasteiger partial charge in [-0.1, -0.05) is 54.1 Å². The average Bonchev–Trinajstić information content (AvgIpc) is 3.18. The second-order valence-corrected chi connectivity index (χ2v) is 7.63. The Balaban J connectivity index is 1.49. The van der Waals surface area contributed by atoms with Crippen molar-refractivity contribution in [3.05, 3.63) is 101 Å². The Morgan fingerprint density at radius 2 is 1.78 bits per heavy atom. The van der Waals surface area contributed by atoms with E-state index in [9.17, 15) is 0 Å². The Kier molecular flexibility index (Phi) is 4.14. The van der Waals surface area contributed by atoms with Crippen LogP contribution in [0.15, 0.2) is 84.9 Å². The number of halogens is 1. The summed E-state index contributed by atoms with van der Waals surface area (Å²) in [6.07, 6.45) is 5.71. The van der Waals surface area contributed by atoms with Gasteiger partial charge >= 0.3 is 0 Å². The number of rotatable bonds is 3. The Bertz CT molecular complexity index is 998. The van der Waals surface area contributed by atoms with Gasteiger partial charge in [-0.15, -0.1) is 0 Å². The molecule has 0 aromatic heterocycles. The second-order valence-electron chi connectivity index (χ2n) is 7.19. The second kappa shape index (κ2) is 6.79. The van der Waals surface area contributed by atoms with Crippen molar-refractivity contribution in [2.45, 2.75) is 18.4 Å². The third-order valence-corrected chi connectivity index (χ3v) is 5.76. The van der Waals surface area contributed by atoms with Gasteiger partial charge in [0, 0.05) is 16.6 Å². The van der Waals surface area contributed by atoms with E-state index in [-0.39, 0.29) is 6.04 Å². The maximum Gasteiger partial charge on any atom is 0.127 e. The Morgan fingerprint density at radius 1 is 0.889 bits per heavy atom. The molecule has 0 bridgehead atoms. The molecule has 1 N–H and O–H groups in total. The van der Waals surface area contributed by atoms with E-state index in [2.05, 4.69) is 41.7 Å². The molecule has 0 amide bonds. The van der Waals surface area contributed by atoms with E-state index >= 15 is 0 Å². The Hall–Kier alpha value is -2.71. The fourth-order valence-electron chi connectivity index (χ4n) is 4.29. The number of hydrogen-bond donors (Lipinski definition) is 1. The summed E-state index contributed by atoms with van der Waals surface area (Å²) in [6, 6.07) is 24.7. The standard InChI is InChI=1S/C24H20ClNO/c25-17-7-4-6-16(14-17)24-21-11-5-10-20(21)22-15-19(12-13-23(22)26-24)27-18-8-2-1-3-9-18/h1-10,12-15,20-21,24,26H,11H2. The molecule has 3 unspecified atom stereocenters. The molecular weight excluding hydrogens is 354 g/mol. The third-order valence-electron chi connectivity index (χ3n) is 5.52. The number of ether oxygens (including phenoxy) is 1. The van der Waals surface area contributed by atoms with Crippen molar-refractivity contribution in [2.24, 2.45) is 5.92 Å². The maximum absolute atomic E-state index is 6.25. The molecule has 27 heavy (non-hydrogen) atoms. The monoisotopic (exact) mass is 373 g/mol. The van der Waals surface area contributed by atoms with Gasteiger partial charge in [-0.25, -0.2) is 0 Å². The average molecular weight is 374 g/mol. The SMILES string of the molecule is Clc1cccc(C2Nc3ccc(Oc4ccccc4)cc3C3C=CCC32)c1. The van der Waals surface area contributed by atoms with Crippen molar-refractivity contribution in [1.82, 2.24) is 0 Å². The molecule has 3 atom stereocenters. The van der Waals surface area contributed by atoms with Crippen LogP contribution in [0.25, 0.3) is 0 Å². The maximum atomic E-state index is 6.25. The van der Waals surface area contributed by atoms with Crippen molar-refractivity contribution in [1.29, 1.82) is 0 Å². The van der Waals surface area contributed by atoms with Crippen LogP contribution in [-0.4, -0.2) is 0 Å². The largest absolute Gasteiger partial charge is 0.457 e. The minimum absolute atomic E-state index is 0.261. The van der Waals surface area contributed by atoms with Crippen LogP contribution < -0.4 is 10.1 Å². The first-order valence-corrected chi connectivity index (χ1v) is 9.71. The molecule has 3 aromatic rings. The fourth-order valence-corrected chi connectivity index (χ4v) is 4.49. The highest BCUT2D eigenvalue weighted by Gasteiger charge is 2.38. The lowest BCUT2D eigenvalue weighted by molar-refractivity contribution is 0.422. The smallest absolute Gasteiger partial charge is 0.127 e. The summed E-state index contributed by atoms with van der Waals surface area (Å²) in [5.41, 5.74) is 3.73.